The van der Waals surface area contributed by atoms with Gasteiger partial charge in [-0.1, -0.05) is 57.2 Å². The zero-order chi connectivity index (χ0) is 30.7. The smallest absolute Gasteiger partial charge is 0.250 e. The van der Waals surface area contributed by atoms with Crippen LogP contribution in [0.5, 0.6) is 0 Å². The van der Waals surface area contributed by atoms with E-state index in [1.165, 1.54) is 29.2 Å². The van der Waals surface area contributed by atoms with Crippen LogP contribution in [0, 0.1) is 11.8 Å². The average molecular weight is 581 g/mol. The van der Waals surface area contributed by atoms with Crippen LogP contribution in [0.25, 0.3) is 0 Å². The number of carbonyl (C=O) groups excluding carboxylic acids is 1. The van der Waals surface area contributed by atoms with Gasteiger partial charge in [0.2, 0.25) is 5.91 Å². The van der Waals surface area contributed by atoms with Crippen LogP contribution in [0.2, 0.25) is 0 Å². The molecule has 0 aromatic rings. The summed E-state index contributed by atoms with van der Waals surface area (Å²) in [6.45, 7) is 13.1. The van der Waals surface area contributed by atoms with Crippen molar-refractivity contribution in [3.63, 3.8) is 0 Å². The molecule has 0 fully saturated rings. The fraction of sp³-hybridized carbons (Fsp3) is 0.419. The maximum atomic E-state index is 13.7. The molecule has 0 saturated heterocycles. The van der Waals surface area contributed by atoms with E-state index in [4.69, 9.17) is 0 Å². The lowest BCUT2D eigenvalue weighted by Crippen LogP contribution is -2.26. The van der Waals surface area contributed by atoms with E-state index in [1.54, 1.807) is 26.9 Å². The standard InChI is InChI=1S/C25H38FN2O3P.C6H6F2/c1-7-8-23(26)10-9-18(2)13-21-14-19(3)22(17-32(6)31)11-12-28(5)25(30)15-24(29)20(4)27-16-21;1-2-3-6(8)4-5-7/h8-11,14-16,18-20,29,31H,7,12-13,17H2,1-6H3;2-5H,1H2/b10-9-,21-14-,22-11+,23-8+,24-15-,27-16?;5-4+,6-3+. The molecule has 0 saturated carbocycles. The van der Waals surface area contributed by atoms with Gasteiger partial charge in [0.05, 0.1) is 6.33 Å². The second kappa shape index (κ2) is 20.9. The van der Waals surface area contributed by atoms with Gasteiger partial charge in [0.15, 0.2) is 0 Å². The number of aliphatic hydroxyl groups excluding tert-OH is 1. The molecular weight excluding hydrogens is 536 g/mol. The number of aliphatic imine (C=N–C) groups is 1. The molecule has 0 aromatic carbocycles. The van der Waals surface area contributed by atoms with Crippen LogP contribution in [0.1, 0.15) is 40.5 Å². The third-order valence-electron chi connectivity index (χ3n) is 5.67. The van der Waals surface area contributed by atoms with E-state index in [0.717, 1.165) is 17.2 Å². The number of halogens is 3. The van der Waals surface area contributed by atoms with Gasteiger partial charge in [-0.2, -0.15) is 0 Å². The number of aliphatic hydroxyl groups is 1. The van der Waals surface area contributed by atoms with Crippen LogP contribution in [0.15, 0.2) is 101 Å². The van der Waals surface area contributed by atoms with E-state index in [1.807, 2.05) is 26.0 Å². The Balaban J connectivity index is 0.00000165. The van der Waals surface area contributed by atoms with Crippen LogP contribution in [0.4, 0.5) is 13.2 Å². The monoisotopic (exact) mass is 580 g/mol. The number of likely N-dealkylation sites (N-methyl/N-ethyl adjacent to an activating group) is 1. The van der Waals surface area contributed by atoms with Gasteiger partial charge in [-0.15, -0.1) is 0 Å². The molecule has 1 amide bonds. The van der Waals surface area contributed by atoms with Gasteiger partial charge in [0, 0.05) is 46.3 Å². The molecule has 0 bridgehead atoms. The SMILES string of the molecule is C=C/C=C(F)\C=C\F.CC/C=C(F)\C=C/C(C)C/C1=C/C(C)/C(CP(C)O)=C/CN(C)C(=O)/C=C(\O)C(C)N=C1. The number of allylic oxidation sites excluding steroid dienone is 11. The largest absolute Gasteiger partial charge is 0.510 e. The van der Waals surface area contributed by atoms with Crippen molar-refractivity contribution in [3.05, 3.63) is 96.2 Å². The zero-order valence-electron chi connectivity index (χ0n) is 24.4. The van der Waals surface area contributed by atoms with Crippen LogP contribution < -0.4 is 0 Å². The average Bonchev–Trinajstić information content (AvgIpc) is 2.88. The Labute approximate surface area is 239 Å². The predicted molar refractivity (Wildman–Crippen MR) is 164 cm³/mol. The number of hydrogen-bond acceptors (Lipinski definition) is 4. The fourth-order valence-corrected chi connectivity index (χ4v) is 4.37. The Morgan fingerprint density at radius 1 is 1.30 bits per heavy atom. The van der Waals surface area contributed by atoms with Crippen molar-refractivity contribution < 1.29 is 28.0 Å². The van der Waals surface area contributed by atoms with Gasteiger partial charge in [0.1, 0.15) is 23.5 Å². The summed E-state index contributed by atoms with van der Waals surface area (Å²) in [7, 11) is 0.538. The molecule has 0 aliphatic carbocycles. The highest BCUT2D eigenvalue weighted by molar-refractivity contribution is 7.50. The van der Waals surface area contributed by atoms with E-state index in [0.29, 0.717) is 31.6 Å². The lowest BCUT2D eigenvalue weighted by Gasteiger charge is -2.19. The summed E-state index contributed by atoms with van der Waals surface area (Å²) in [6.07, 6.45) is 16.9. The van der Waals surface area contributed by atoms with Gasteiger partial charge < -0.3 is 14.9 Å². The van der Waals surface area contributed by atoms with Crippen molar-refractivity contribution in [1.82, 2.24) is 4.90 Å². The number of amides is 1. The molecule has 2 N–H and O–H groups in total. The quantitative estimate of drug-likeness (QED) is 0.164. The number of hydrogen-bond donors (Lipinski definition) is 2. The maximum Gasteiger partial charge on any atom is 0.250 e. The Morgan fingerprint density at radius 3 is 2.55 bits per heavy atom. The first kappa shape index (κ1) is 37.0. The molecular formula is C31H44F3N2O3P. The lowest BCUT2D eigenvalue weighted by atomic mass is 9.94. The van der Waals surface area contributed by atoms with Crippen molar-refractivity contribution in [1.29, 1.82) is 0 Å². The molecule has 4 atom stereocenters. The van der Waals surface area contributed by atoms with E-state index in [-0.39, 0.29) is 35.7 Å². The summed E-state index contributed by atoms with van der Waals surface area (Å²) < 4.78 is 36.7. The minimum absolute atomic E-state index is 0.0302. The Morgan fingerprint density at radius 2 is 1.98 bits per heavy atom. The van der Waals surface area contributed by atoms with Gasteiger partial charge in [-0.05, 0) is 62.1 Å². The molecule has 0 radical (unpaired) electrons. The van der Waals surface area contributed by atoms with E-state index in [2.05, 4.69) is 24.6 Å². The number of rotatable bonds is 9. The second-order valence-corrected chi connectivity index (χ2v) is 11.1. The normalized spacial score (nSPS) is 25.3. The predicted octanol–water partition coefficient (Wildman–Crippen LogP) is 8.22. The molecule has 5 nitrogen and oxygen atoms in total. The van der Waals surface area contributed by atoms with Crippen molar-refractivity contribution >= 4 is 20.3 Å². The summed E-state index contributed by atoms with van der Waals surface area (Å²) in [4.78, 5) is 28.4. The van der Waals surface area contributed by atoms with Gasteiger partial charge >= 0.3 is 0 Å². The van der Waals surface area contributed by atoms with Gasteiger partial charge in [0.25, 0.3) is 0 Å². The molecule has 1 heterocycles. The molecule has 222 valence electrons. The first-order valence-corrected chi connectivity index (χ1v) is 15.0. The zero-order valence-corrected chi connectivity index (χ0v) is 25.3. The minimum Gasteiger partial charge on any atom is -0.510 e. The van der Waals surface area contributed by atoms with E-state index < -0.39 is 20.0 Å². The topological polar surface area (TPSA) is 73.1 Å². The minimum atomic E-state index is -1.14. The Bertz CT molecular complexity index is 1060. The summed E-state index contributed by atoms with van der Waals surface area (Å²) in [5, 5.41) is 10.3. The van der Waals surface area contributed by atoms with Crippen molar-refractivity contribution in [2.24, 2.45) is 16.8 Å². The molecule has 40 heavy (non-hydrogen) atoms. The summed E-state index contributed by atoms with van der Waals surface area (Å²) in [6, 6.07) is -0.559. The van der Waals surface area contributed by atoms with Crippen molar-refractivity contribution in [3.8, 4) is 0 Å². The van der Waals surface area contributed by atoms with Crippen LogP contribution in [-0.4, -0.2) is 59.5 Å². The summed E-state index contributed by atoms with van der Waals surface area (Å²) >= 11 is 0. The molecule has 0 spiro atoms. The van der Waals surface area contributed by atoms with Crippen LogP contribution in [0.3, 0.4) is 0 Å². The highest BCUT2D eigenvalue weighted by Gasteiger charge is 2.15. The molecule has 0 aromatic heterocycles. The molecule has 1 aliphatic heterocycles. The van der Waals surface area contributed by atoms with E-state index in [9.17, 15) is 28.0 Å². The highest BCUT2D eigenvalue weighted by Crippen LogP contribution is 2.31. The first-order chi connectivity index (χ1) is 18.8. The van der Waals surface area contributed by atoms with Crippen molar-refractivity contribution in [2.75, 3.05) is 26.4 Å². The third kappa shape index (κ3) is 16.9. The van der Waals surface area contributed by atoms with Gasteiger partial charge in [-0.25, -0.2) is 13.2 Å². The fourth-order valence-electron chi connectivity index (χ4n) is 3.42. The van der Waals surface area contributed by atoms with E-state index >= 15 is 0 Å². The Kier molecular flexibility index (Phi) is 19.3. The summed E-state index contributed by atoms with van der Waals surface area (Å²) in [5.41, 5.74) is 2.00. The van der Waals surface area contributed by atoms with Crippen LogP contribution >= 0.6 is 8.15 Å². The second-order valence-electron chi connectivity index (χ2n) is 9.48. The third-order valence-corrected chi connectivity index (χ3v) is 6.49. The highest BCUT2D eigenvalue weighted by atomic mass is 31.1. The molecule has 9 heteroatoms. The number of nitrogens with zero attached hydrogens (tertiary/aromatic N) is 2. The molecule has 4 unspecified atom stereocenters. The lowest BCUT2D eigenvalue weighted by molar-refractivity contribution is -0.124. The van der Waals surface area contributed by atoms with Crippen LogP contribution in [-0.2, 0) is 4.79 Å². The molecule has 1 rings (SSSR count). The van der Waals surface area contributed by atoms with Crippen molar-refractivity contribution in [2.45, 2.75) is 46.6 Å². The maximum absolute atomic E-state index is 13.7. The first-order valence-electron chi connectivity index (χ1n) is 13.1. The van der Waals surface area contributed by atoms with Gasteiger partial charge in [-0.3, -0.25) is 9.79 Å². The molecule has 1 aliphatic rings. The number of carbonyl (C=O) groups is 1. The Hall–Kier alpha value is -2.96. The summed E-state index contributed by atoms with van der Waals surface area (Å²) in [5.74, 6) is -1.17.